The summed E-state index contributed by atoms with van der Waals surface area (Å²) in [7, 11) is 0. The van der Waals surface area contributed by atoms with Gasteiger partial charge in [-0.1, -0.05) is 43.5 Å². The van der Waals surface area contributed by atoms with Crippen molar-refractivity contribution in [1.29, 1.82) is 0 Å². The Hall–Kier alpha value is -1.63. The normalized spacial score (nSPS) is 9.31. The number of ketones is 1. The van der Waals surface area contributed by atoms with E-state index in [9.17, 15) is 4.79 Å². The average Bonchev–Trinajstić information content (AvgIpc) is 2.16. The van der Waals surface area contributed by atoms with Crippen molar-refractivity contribution in [1.82, 2.24) is 0 Å². The molecule has 0 radical (unpaired) electrons. The first-order chi connectivity index (χ1) is 6.16. The molecule has 1 nitrogen and oxygen atoms in total. The van der Waals surface area contributed by atoms with Crippen LogP contribution in [0.5, 0.6) is 0 Å². The van der Waals surface area contributed by atoms with E-state index >= 15 is 0 Å². The lowest BCUT2D eigenvalue weighted by Crippen LogP contribution is -2.01. The van der Waals surface area contributed by atoms with Crippen LogP contribution in [0.3, 0.4) is 0 Å². The van der Waals surface area contributed by atoms with Crippen molar-refractivity contribution in [2.24, 2.45) is 0 Å². The third kappa shape index (κ3) is 1.94. The highest BCUT2D eigenvalue weighted by molar-refractivity contribution is 6.09. The minimum absolute atomic E-state index is 0.0181. The summed E-state index contributed by atoms with van der Waals surface area (Å²) in [5.41, 5.74) is 2.08. The zero-order valence-corrected chi connectivity index (χ0v) is 7.71. The first kappa shape index (κ1) is 9.46. The first-order valence-electron chi connectivity index (χ1n) is 4.08. The Labute approximate surface area is 78.4 Å². The van der Waals surface area contributed by atoms with Crippen LogP contribution in [-0.4, -0.2) is 5.78 Å². The summed E-state index contributed by atoms with van der Waals surface area (Å²) < 4.78 is 0. The van der Waals surface area contributed by atoms with Crippen LogP contribution in [0, 0.1) is 0 Å². The second-order valence-corrected chi connectivity index (χ2v) is 2.90. The number of rotatable bonds is 3. The standard InChI is InChI=1S/C12H12O/c1-4-10-7-5-6-8-11(10)12(13)9(2)3/h4-8H,1-2H2,3H3. The minimum atomic E-state index is -0.0181. The second-order valence-electron chi connectivity index (χ2n) is 2.90. The molecule has 0 aliphatic heterocycles. The molecule has 0 saturated heterocycles. The quantitative estimate of drug-likeness (QED) is 0.505. The van der Waals surface area contributed by atoms with E-state index in [2.05, 4.69) is 13.2 Å². The minimum Gasteiger partial charge on any atom is -0.289 e. The lowest BCUT2D eigenvalue weighted by atomic mass is 10.0. The molecule has 0 unspecified atom stereocenters. The molecule has 0 amide bonds. The van der Waals surface area contributed by atoms with Crippen LogP contribution in [0.15, 0.2) is 43.0 Å². The SMILES string of the molecule is C=Cc1ccccc1C(=O)C(=C)C. The van der Waals surface area contributed by atoms with Gasteiger partial charge in [-0.25, -0.2) is 0 Å². The Bertz CT molecular complexity index is 361. The molecule has 0 aliphatic carbocycles. The van der Waals surface area contributed by atoms with E-state index in [0.717, 1.165) is 5.56 Å². The van der Waals surface area contributed by atoms with Gasteiger partial charge in [0.1, 0.15) is 0 Å². The Balaban J connectivity index is 3.20. The maximum atomic E-state index is 11.6. The van der Waals surface area contributed by atoms with Crippen LogP contribution in [0.25, 0.3) is 6.08 Å². The number of benzene rings is 1. The second kappa shape index (κ2) is 3.85. The molecule has 0 aliphatic rings. The van der Waals surface area contributed by atoms with E-state index in [0.29, 0.717) is 11.1 Å². The monoisotopic (exact) mass is 172 g/mol. The highest BCUT2D eigenvalue weighted by atomic mass is 16.1. The molecule has 66 valence electrons. The average molecular weight is 172 g/mol. The molecule has 0 fully saturated rings. The van der Waals surface area contributed by atoms with Crippen molar-refractivity contribution < 1.29 is 4.79 Å². The van der Waals surface area contributed by atoms with Gasteiger partial charge in [0.2, 0.25) is 0 Å². The van der Waals surface area contributed by atoms with Gasteiger partial charge in [-0.3, -0.25) is 4.79 Å². The molecule has 0 heterocycles. The Morgan fingerprint density at radius 2 is 2.00 bits per heavy atom. The maximum absolute atomic E-state index is 11.6. The van der Waals surface area contributed by atoms with Crippen LogP contribution in [0.4, 0.5) is 0 Å². The van der Waals surface area contributed by atoms with Crippen LogP contribution in [0.2, 0.25) is 0 Å². The lowest BCUT2D eigenvalue weighted by Gasteiger charge is -2.03. The number of hydrogen-bond donors (Lipinski definition) is 0. The van der Waals surface area contributed by atoms with E-state index in [4.69, 9.17) is 0 Å². The van der Waals surface area contributed by atoms with E-state index in [-0.39, 0.29) is 5.78 Å². The molecule has 0 saturated carbocycles. The molecular formula is C12H12O. The zero-order valence-electron chi connectivity index (χ0n) is 7.71. The van der Waals surface area contributed by atoms with Crippen LogP contribution in [-0.2, 0) is 0 Å². The summed E-state index contributed by atoms with van der Waals surface area (Å²) in [5, 5.41) is 0. The molecule has 0 aromatic heterocycles. The predicted molar refractivity (Wildman–Crippen MR) is 55.7 cm³/mol. The number of hydrogen-bond acceptors (Lipinski definition) is 1. The van der Waals surface area contributed by atoms with Gasteiger partial charge in [-0.05, 0) is 18.1 Å². The summed E-state index contributed by atoms with van der Waals surface area (Å²) in [4.78, 5) is 11.6. The fraction of sp³-hybridized carbons (Fsp3) is 0.0833. The third-order valence-electron chi connectivity index (χ3n) is 1.81. The largest absolute Gasteiger partial charge is 0.289 e. The molecule has 1 aromatic rings. The van der Waals surface area contributed by atoms with E-state index in [1.54, 1.807) is 19.1 Å². The summed E-state index contributed by atoms with van der Waals surface area (Å²) in [6.07, 6.45) is 1.68. The van der Waals surface area contributed by atoms with Crippen molar-refractivity contribution in [2.45, 2.75) is 6.92 Å². The maximum Gasteiger partial charge on any atom is 0.188 e. The van der Waals surface area contributed by atoms with Crippen molar-refractivity contribution in [3.63, 3.8) is 0 Å². The third-order valence-corrected chi connectivity index (χ3v) is 1.81. The first-order valence-corrected chi connectivity index (χ1v) is 4.08. The van der Waals surface area contributed by atoms with Gasteiger partial charge in [0, 0.05) is 5.56 Å². The van der Waals surface area contributed by atoms with E-state index in [1.165, 1.54) is 0 Å². The molecule has 1 aromatic carbocycles. The number of allylic oxidation sites excluding steroid dienone is 1. The summed E-state index contributed by atoms with van der Waals surface area (Å²) >= 11 is 0. The molecule has 0 spiro atoms. The fourth-order valence-electron chi connectivity index (χ4n) is 1.11. The smallest absolute Gasteiger partial charge is 0.188 e. The van der Waals surface area contributed by atoms with Crippen molar-refractivity contribution in [3.05, 3.63) is 54.1 Å². The van der Waals surface area contributed by atoms with E-state index in [1.807, 2.05) is 18.2 Å². The Kier molecular flexibility index (Phi) is 2.80. The van der Waals surface area contributed by atoms with E-state index < -0.39 is 0 Å². The molecule has 0 atom stereocenters. The molecular weight excluding hydrogens is 160 g/mol. The van der Waals surface area contributed by atoms with Crippen molar-refractivity contribution >= 4 is 11.9 Å². The Morgan fingerprint density at radius 3 is 2.54 bits per heavy atom. The zero-order chi connectivity index (χ0) is 9.84. The van der Waals surface area contributed by atoms with Crippen LogP contribution in [0.1, 0.15) is 22.8 Å². The molecule has 0 bridgehead atoms. The Morgan fingerprint density at radius 1 is 1.38 bits per heavy atom. The highest BCUT2D eigenvalue weighted by Crippen LogP contribution is 2.13. The fourth-order valence-corrected chi connectivity index (χ4v) is 1.11. The van der Waals surface area contributed by atoms with Gasteiger partial charge in [0.05, 0.1) is 0 Å². The van der Waals surface area contributed by atoms with Gasteiger partial charge in [0.15, 0.2) is 5.78 Å². The highest BCUT2D eigenvalue weighted by Gasteiger charge is 2.08. The topological polar surface area (TPSA) is 17.1 Å². The molecule has 1 rings (SSSR count). The van der Waals surface area contributed by atoms with Crippen molar-refractivity contribution in [2.75, 3.05) is 0 Å². The van der Waals surface area contributed by atoms with Gasteiger partial charge in [-0.2, -0.15) is 0 Å². The molecule has 13 heavy (non-hydrogen) atoms. The van der Waals surface area contributed by atoms with Crippen molar-refractivity contribution in [3.8, 4) is 0 Å². The summed E-state index contributed by atoms with van der Waals surface area (Å²) in [6, 6.07) is 7.37. The molecule has 1 heteroatoms. The lowest BCUT2D eigenvalue weighted by molar-refractivity contribution is 0.103. The van der Waals surface area contributed by atoms with Gasteiger partial charge >= 0.3 is 0 Å². The van der Waals surface area contributed by atoms with Gasteiger partial charge < -0.3 is 0 Å². The number of carbonyl (C=O) groups is 1. The van der Waals surface area contributed by atoms with Gasteiger partial charge in [0.25, 0.3) is 0 Å². The van der Waals surface area contributed by atoms with Crippen LogP contribution >= 0.6 is 0 Å². The number of Topliss-reactive ketones (excluding diaryl/α,β-unsaturated/α-hetero) is 1. The summed E-state index contributed by atoms with van der Waals surface area (Å²) in [5.74, 6) is -0.0181. The van der Waals surface area contributed by atoms with Crippen LogP contribution < -0.4 is 0 Å². The predicted octanol–water partition coefficient (Wildman–Crippen LogP) is 3.09. The summed E-state index contributed by atoms with van der Waals surface area (Å²) in [6.45, 7) is 8.98. The van der Waals surface area contributed by atoms with Gasteiger partial charge in [-0.15, -0.1) is 0 Å². The molecule has 0 N–H and O–H groups in total. The number of carbonyl (C=O) groups excluding carboxylic acids is 1.